The smallest absolute Gasteiger partial charge is 0.375 e. The third-order valence-corrected chi connectivity index (χ3v) is 2.89. The predicted octanol–water partition coefficient (Wildman–Crippen LogP) is 2.40. The summed E-state index contributed by atoms with van der Waals surface area (Å²) in [5.41, 5.74) is 3.16. The van der Waals surface area contributed by atoms with Crippen LogP contribution in [0, 0.1) is 13.8 Å². The molecule has 0 bridgehead atoms. The summed E-state index contributed by atoms with van der Waals surface area (Å²) in [5, 5.41) is 9.95. The summed E-state index contributed by atoms with van der Waals surface area (Å²) >= 11 is 0. The van der Waals surface area contributed by atoms with Crippen LogP contribution in [0.4, 0.5) is 13.2 Å². The lowest BCUT2D eigenvalue weighted by molar-refractivity contribution is -0.273. The van der Waals surface area contributed by atoms with Crippen molar-refractivity contribution in [1.82, 2.24) is 0 Å². The van der Waals surface area contributed by atoms with Gasteiger partial charge in [0.2, 0.25) is 5.60 Å². The van der Waals surface area contributed by atoms with Gasteiger partial charge < -0.3 is 10.8 Å². The van der Waals surface area contributed by atoms with Crippen LogP contribution in [0.3, 0.4) is 0 Å². The maximum Gasteiger partial charge on any atom is 0.422 e. The highest BCUT2D eigenvalue weighted by Crippen LogP contribution is 2.42. The highest BCUT2D eigenvalue weighted by molar-refractivity contribution is 5.37. The van der Waals surface area contributed by atoms with Crippen LogP contribution in [-0.2, 0) is 5.60 Å². The van der Waals surface area contributed by atoms with Crippen LogP contribution in [0.15, 0.2) is 18.2 Å². The lowest BCUT2D eigenvalue weighted by Gasteiger charge is -2.35. The van der Waals surface area contributed by atoms with E-state index >= 15 is 0 Å². The van der Waals surface area contributed by atoms with E-state index in [4.69, 9.17) is 5.73 Å². The minimum absolute atomic E-state index is 0.181. The predicted molar refractivity (Wildman–Crippen MR) is 59.5 cm³/mol. The molecule has 0 spiro atoms. The molecular weight excluding hydrogens is 231 g/mol. The summed E-state index contributed by atoms with van der Waals surface area (Å²) in [7, 11) is 0. The molecule has 0 saturated heterocycles. The van der Waals surface area contributed by atoms with Crippen molar-refractivity contribution in [1.29, 1.82) is 0 Å². The largest absolute Gasteiger partial charge is 0.422 e. The Bertz CT molecular complexity index is 415. The van der Waals surface area contributed by atoms with Crippen molar-refractivity contribution in [2.45, 2.75) is 38.6 Å². The molecule has 17 heavy (non-hydrogen) atoms. The molecule has 96 valence electrons. The first-order chi connectivity index (χ1) is 7.60. The van der Waals surface area contributed by atoms with Crippen LogP contribution in [-0.4, -0.2) is 17.3 Å². The average molecular weight is 247 g/mol. The van der Waals surface area contributed by atoms with Gasteiger partial charge >= 0.3 is 6.18 Å². The highest BCUT2D eigenvalue weighted by atomic mass is 19.4. The Kier molecular flexibility index (Phi) is 3.55. The molecule has 2 unspecified atom stereocenters. The normalized spacial score (nSPS) is 17.6. The molecule has 1 aromatic rings. The van der Waals surface area contributed by atoms with Crippen LogP contribution < -0.4 is 5.73 Å². The Morgan fingerprint density at radius 1 is 1.24 bits per heavy atom. The number of benzene rings is 1. The van der Waals surface area contributed by atoms with E-state index in [0.717, 1.165) is 6.92 Å². The second-order valence-corrected chi connectivity index (χ2v) is 4.37. The summed E-state index contributed by atoms with van der Waals surface area (Å²) in [6.45, 7) is 4.34. The fourth-order valence-electron chi connectivity index (χ4n) is 1.80. The standard InChI is InChI=1S/C12H16F3NO/c1-7-4-5-8(2)10(6-7)11(17,9(3)16)12(13,14)15/h4-6,9,17H,16H2,1-3H3. The molecule has 2 nitrogen and oxygen atoms in total. The van der Waals surface area contributed by atoms with E-state index in [0.29, 0.717) is 11.1 Å². The maximum absolute atomic E-state index is 13.0. The highest BCUT2D eigenvalue weighted by Gasteiger charge is 2.58. The topological polar surface area (TPSA) is 46.2 Å². The fourth-order valence-corrected chi connectivity index (χ4v) is 1.80. The van der Waals surface area contributed by atoms with Gasteiger partial charge in [-0.1, -0.05) is 23.8 Å². The molecule has 2 atom stereocenters. The van der Waals surface area contributed by atoms with Gasteiger partial charge in [0.05, 0.1) is 0 Å². The molecule has 0 aliphatic heterocycles. The zero-order valence-electron chi connectivity index (χ0n) is 9.97. The number of hydrogen-bond donors (Lipinski definition) is 2. The van der Waals surface area contributed by atoms with E-state index in [-0.39, 0.29) is 5.56 Å². The summed E-state index contributed by atoms with van der Waals surface area (Å²) < 4.78 is 39.1. The third-order valence-electron chi connectivity index (χ3n) is 2.89. The van der Waals surface area contributed by atoms with Gasteiger partial charge in [-0.25, -0.2) is 0 Å². The molecule has 5 heteroatoms. The Labute approximate surface area is 98.3 Å². The van der Waals surface area contributed by atoms with Crippen LogP contribution >= 0.6 is 0 Å². The molecule has 3 N–H and O–H groups in total. The van der Waals surface area contributed by atoms with Crippen molar-refractivity contribution in [3.8, 4) is 0 Å². The number of rotatable bonds is 2. The second kappa shape index (κ2) is 4.31. The van der Waals surface area contributed by atoms with E-state index < -0.39 is 17.8 Å². The zero-order valence-corrected chi connectivity index (χ0v) is 9.97. The number of hydrogen-bond acceptors (Lipinski definition) is 2. The van der Waals surface area contributed by atoms with Crippen LogP contribution in [0.25, 0.3) is 0 Å². The average Bonchev–Trinajstić information content (AvgIpc) is 2.18. The first kappa shape index (κ1) is 14.0. The number of aliphatic hydroxyl groups is 1. The molecular formula is C12H16F3NO. The van der Waals surface area contributed by atoms with Crippen molar-refractivity contribution in [2.24, 2.45) is 5.73 Å². The first-order valence-corrected chi connectivity index (χ1v) is 5.23. The molecule has 0 aliphatic carbocycles. The molecule has 0 radical (unpaired) electrons. The lowest BCUT2D eigenvalue weighted by Crippen LogP contribution is -2.54. The molecule has 1 aromatic carbocycles. The monoisotopic (exact) mass is 247 g/mol. The van der Waals surface area contributed by atoms with E-state index in [1.165, 1.54) is 13.0 Å². The fraction of sp³-hybridized carbons (Fsp3) is 0.500. The summed E-state index contributed by atoms with van der Waals surface area (Å²) in [6.07, 6.45) is -4.81. The number of alkyl halides is 3. The molecule has 0 saturated carbocycles. The Hall–Kier alpha value is -1.07. The summed E-state index contributed by atoms with van der Waals surface area (Å²) in [5.74, 6) is 0. The van der Waals surface area contributed by atoms with Crippen molar-refractivity contribution in [2.75, 3.05) is 0 Å². The van der Waals surface area contributed by atoms with E-state index in [1.807, 2.05) is 0 Å². The van der Waals surface area contributed by atoms with Gasteiger partial charge in [-0.2, -0.15) is 13.2 Å². The van der Waals surface area contributed by atoms with Crippen molar-refractivity contribution in [3.05, 3.63) is 34.9 Å². The number of nitrogens with two attached hydrogens (primary N) is 1. The second-order valence-electron chi connectivity index (χ2n) is 4.37. The molecule has 0 fully saturated rings. The first-order valence-electron chi connectivity index (χ1n) is 5.23. The molecule has 0 aliphatic rings. The zero-order chi connectivity index (χ0) is 13.4. The Morgan fingerprint density at radius 2 is 1.76 bits per heavy atom. The van der Waals surface area contributed by atoms with E-state index in [9.17, 15) is 18.3 Å². The van der Waals surface area contributed by atoms with Gasteiger partial charge in [-0.05, 0) is 31.9 Å². The van der Waals surface area contributed by atoms with Gasteiger partial charge in [0.25, 0.3) is 0 Å². The Balaban J connectivity index is 3.48. The molecule has 0 heterocycles. The minimum Gasteiger partial charge on any atom is -0.375 e. The van der Waals surface area contributed by atoms with Crippen LogP contribution in [0.2, 0.25) is 0 Å². The van der Waals surface area contributed by atoms with E-state index in [2.05, 4.69) is 0 Å². The quantitative estimate of drug-likeness (QED) is 0.843. The Morgan fingerprint density at radius 3 is 2.18 bits per heavy atom. The van der Waals surface area contributed by atoms with Gasteiger partial charge in [0.15, 0.2) is 0 Å². The van der Waals surface area contributed by atoms with Crippen molar-refractivity contribution < 1.29 is 18.3 Å². The molecule has 0 amide bonds. The minimum atomic E-state index is -4.81. The summed E-state index contributed by atoms with van der Waals surface area (Å²) in [4.78, 5) is 0. The van der Waals surface area contributed by atoms with Crippen LogP contribution in [0.1, 0.15) is 23.6 Å². The summed E-state index contributed by atoms with van der Waals surface area (Å²) in [6, 6.07) is 3.12. The number of halogens is 3. The molecule has 0 aromatic heterocycles. The van der Waals surface area contributed by atoms with E-state index in [1.54, 1.807) is 19.1 Å². The van der Waals surface area contributed by atoms with Gasteiger partial charge in [0.1, 0.15) is 0 Å². The van der Waals surface area contributed by atoms with Crippen molar-refractivity contribution in [3.63, 3.8) is 0 Å². The SMILES string of the molecule is Cc1ccc(C)c(C(O)(C(C)N)C(F)(F)F)c1. The lowest BCUT2D eigenvalue weighted by atomic mass is 9.83. The van der Waals surface area contributed by atoms with Gasteiger partial charge in [-0.3, -0.25) is 0 Å². The third kappa shape index (κ3) is 2.30. The molecule has 1 rings (SSSR count). The van der Waals surface area contributed by atoms with Crippen LogP contribution in [0.5, 0.6) is 0 Å². The van der Waals surface area contributed by atoms with Gasteiger partial charge in [0, 0.05) is 6.04 Å². The maximum atomic E-state index is 13.0. The van der Waals surface area contributed by atoms with Crippen molar-refractivity contribution >= 4 is 0 Å². The van der Waals surface area contributed by atoms with Gasteiger partial charge in [-0.15, -0.1) is 0 Å². The number of aryl methyl sites for hydroxylation is 2.